The second-order valence-corrected chi connectivity index (χ2v) is 11.2. The maximum atomic E-state index is 13.5. The Hall–Kier alpha value is -0.500. The lowest BCUT2D eigenvalue weighted by Gasteiger charge is -2.41. The van der Waals surface area contributed by atoms with E-state index in [9.17, 15) is 9.00 Å². The fraction of sp³-hybridized carbons (Fsp3) is 0.955. The van der Waals surface area contributed by atoms with Crippen molar-refractivity contribution in [1.82, 2.24) is 4.31 Å². The van der Waals surface area contributed by atoms with Gasteiger partial charge in [0, 0.05) is 39.5 Å². The molecule has 2 aliphatic rings. The lowest BCUT2D eigenvalue weighted by molar-refractivity contribution is -0.160. The van der Waals surface area contributed by atoms with Gasteiger partial charge in [0.25, 0.3) is 0 Å². The summed E-state index contributed by atoms with van der Waals surface area (Å²) in [6.07, 6.45) is 7.72. The van der Waals surface area contributed by atoms with Crippen LogP contribution < -0.4 is 0 Å². The molecule has 1 unspecified atom stereocenters. The van der Waals surface area contributed by atoms with Crippen LogP contribution in [-0.4, -0.2) is 64.3 Å². The van der Waals surface area contributed by atoms with Crippen LogP contribution in [0, 0.1) is 5.92 Å². The summed E-state index contributed by atoms with van der Waals surface area (Å²) in [6.45, 7) is 11.8. The number of hydrogen-bond donors (Lipinski definition) is 0. The molecule has 0 aromatic carbocycles. The van der Waals surface area contributed by atoms with Gasteiger partial charge in [-0.15, -0.1) is 0 Å². The van der Waals surface area contributed by atoms with Crippen LogP contribution in [-0.2, 0) is 30.0 Å². The molecular formula is C22H41NO5S. The Bertz CT molecular complexity index is 520. The summed E-state index contributed by atoms with van der Waals surface area (Å²) in [5.74, 6) is 0.172. The highest BCUT2D eigenvalue weighted by Gasteiger charge is 2.51. The highest BCUT2D eigenvalue weighted by Crippen LogP contribution is 2.34. The standard InChI is InChI=1S/C22H41NO5S/c1-5-6-7-8-15-27-18-19-9-13-23(14-10-19)29(25)22(11-16-26-17-12-22)20(24)28-21(2,3)4/h19H,5-18H2,1-4H3. The van der Waals surface area contributed by atoms with E-state index in [-0.39, 0.29) is 5.97 Å². The Morgan fingerprint density at radius 1 is 1.14 bits per heavy atom. The lowest BCUT2D eigenvalue weighted by atomic mass is 9.98. The average molecular weight is 432 g/mol. The number of ether oxygens (including phenoxy) is 3. The summed E-state index contributed by atoms with van der Waals surface area (Å²) < 4.78 is 31.5. The monoisotopic (exact) mass is 431 g/mol. The molecule has 29 heavy (non-hydrogen) atoms. The highest BCUT2D eigenvalue weighted by atomic mass is 32.2. The summed E-state index contributed by atoms with van der Waals surface area (Å²) in [6, 6.07) is 0. The molecule has 0 radical (unpaired) electrons. The topological polar surface area (TPSA) is 65.1 Å². The minimum absolute atomic E-state index is 0.343. The smallest absolute Gasteiger partial charge is 0.326 e. The van der Waals surface area contributed by atoms with Gasteiger partial charge in [-0.1, -0.05) is 26.2 Å². The Morgan fingerprint density at radius 2 is 1.79 bits per heavy atom. The SMILES string of the molecule is CCCCCCOCC1CCN(S(=O)C2(C(=O)OC(C)(C)C)CCOCC2)CC1. The van der Waals surface area contributed by atoms with E-state index in [0.29, 0.717) is 32.0 Å². The fourth-order valence-electron chi connectivity index (χ4n) is 3.89. The Labute approximate surface area is 179 Å². The highest BCUT2D eigenvalue weighted by molar-refractivity contribution is 7.85. The largest absolute Gasteiger partial charge is 0.459 e. The molecule has 2 rings (SSSR count). The molecule has 0 bridgehead atoms. The van der Waals surface area contributed by atoms with Crippen molar-refractivity contribution in [1.29, 1.82) is 0 Å². The summed E-state index contributed by atoms with van der Waals surface area (Å²) in [5, 5.41) is 0. The molecule has 2 aliphatic heterocycles. The van der Waals surface area contributed by atoms with E-state index in [4.69, 9.17) is 14.2 Å². The zero-order chi connectivity index (χ0) is 21.3. The second-order valence-electron chi connectivity index (χ2n) is 9.37. The number of carbonyl (C=O) groups excluding carboxylic acids is 1. The molecule has 0 amide bonds. The van der Waals surface area contributed by atoms with Crippen molar-refractivity contribution in [2.75, 3.05) is 39.5 Å². The summed E-state index contributed by atoms with van der Waals surface area (Å²) >= 11 is 0. The number of rotatable bonds is 10. The molecule has 0 saturated carbocycles. The van der Waals surface area contributed by atoms with Crippen molar-refractivity contribution in [3.8, 4) is 0 Å². The number of carbonyl (C=O) groups is 1. The number of piperidine rings is 1. The molecule has 170 valence electrons. The molecule has 2 fully saturated rings. The van der Waals surface area contributed by atoms with Gasteiger partial charge >= 0.3 is 5.97 Å². The van der Waals surface area contributed by atoms with E-state index in [1.54, 1.807) is 0 Å². The molecule has 0 aliphatic carbocycles. The third kappa shape index (κ3) is 7.60. The summed E-state index contributed by atoms with van der Waals surface area (Å²) in [7, 11) is -1.40. The van der Waals surface area contributed by atoms with E-state index in [1.165, 1.54) is 19.3 Å². The normalized spacial score (nSPS) is 22.3. The zero-order valence-corrected chi connectivity index (χ0v) is 19.7. The van der Waals surface area contributed by atoms with Crippen LogP contribution in [0.2, 0.25) is 0 Å². The molecule has 0 aromatic rings. The molecule has 7 heteroatoms. The first kappa shape index (κ1) is 24.8. The van der Waals surface area contributed by atoms with Crippen LogP contribution in [0.4, 0.5) is 0 Å². The van der Waals surface area contributed by atoms with Crippen molar-refractivity contribution in [2.24, 2.45) is 5.92 Å². The Morgan fingerprint density at radius 3 is 2.38 bits per heavy atom. The number of hydrogen-bond acceptors (Lipinski definition) is 5. The average Bonchev–Trinajstić information content (AvgIpc) is 2.70. The third-order valence-corrected chi connectivity index (χ3v) is 7.79. The molecule has 2 heterocycles. The van der Waals surface area contributed by atoms with Gasteiger partial charge in [-0.05, 0) is 58.8 Å². The lowest BCUT2D eigenvalue weighted by Crippen LogP contribution is -2.56. The third-order valence-electron chi connectivity index (χ3n) is 5.71. The van der Waals surface area contributed by atoms with Crippen LogP contribution in [0.25, 0.3) is 0 Å². The van der Waals surface area contributed by atoms with Gasteiger partial charge in [0.2, 0.25) is 0 Å². The van der Waals surface area contributed by atoms with Crippen LogP contribution in [0.3, 0.4) is 0 Å². The van der Waals surface area contributed by atoms with Crippen LogP contribution in [0.5, 0.6) is 0 Å². The first-order chi connectivity index (χ1) is 13.8. The van der Waals surface area contributed by atoms with Crippen molar-refractivity contribution >= 4 is 17.0 Å². The van der Waals surface area contributed by atoms with Crippen LogP contribution in [0.1, 0.15) is 79.1 Å². The quantitative estimate of drug-likeness (QED) is 0.388. The van der Waals surface area contributed by atoms with Gasteiger partial charge in [0.15, 0.2) is 4.75 Å². The van der Waals surface area contributed by atoms with E-state index in [0.717, 1.165) is 45.6 Å². The molecule has 0 N–H and O–H groups in total. The van der Waals surface area contributed by atoms with Gasteiger partial charge in [0.05, 0.1) is 0 Å². The van der Waals surface area contributed by atoms with E-state index >= 15 is 0 Å². The first-order valence-electron chi connectivity index (χ1n) is 11.3. The molecule has 0 spiro atoms. The molecule has 2 saturated heterocycles. The van der Waals surface area contributed by atoms with Gasteiger partial charge in [-0.3, -0.25) is 4.79 Å². The van der Waals surface area contributed by atoms with E-state index in [2.05, 4.69) is 6.92 Å². The Balaban J connectivity index is 1.86. The second kappa shape index (κ2) is 11.8. The minimum atomic E-state index is -1.40. The van der Waals surface area contributed by atoms with Gasteiger partial charge in [-0.25, -0.2) is 8.51 Å². The predicted octanol–water partition coefficient (Wildman–Crippen LogP) is 3.85. The summed E-state index contributed by atoms with van der Waals surface area (Å²) in [5.41, 5.74) is -0.589. The minimum Gasteiger partial charge on any atom is -0.459 e. The molecule has 1 atom stereocenters. The van der Waals surface area contributed by atoms with Gasteiger partial charge in [0.1, 0.15) is 16.6 Å². The van der Waals surface area contributed by atoms with Crippen molar-refractivity contribution in [2.45, 2.75) is 89.4 Å². The van der Waals surface area contributed by atoms with Crippen molar-refractivity contribution < 1.29 is 23.2 Å². The maximum Gasteiger partial charge on any atom is 0.326 e. The maximum absolute atomic E-state index is 13.5. The van der Waals surface area contributed by atoms with Crippen molar-refractivity contribution in [3.05, 3.63) is 0 Å². The number of esters is 1. The van der Waals surface area contributed by atoms with Crippen molar-refractivity contribution in [3.63, 3.8) is 0 Å². The number of unbranched alkanes of at least 4 members (excludes halogenated alkanes) is 3. The fourth-order valence-corrected chi connectivity index (χ4v) is 5.63. The summed E-state index contributed by atoms with van der Waals surface area (Å²) in [4.78, 5) is 13.0. The van der Waals surface area contributed by atoms with E-state index < -0.39 is 21.3 Å². The predicted molar refractivity (Wildman–Crippen MR) is 116 cm³/mol. The molecule has 0 aromatic heterocycles. The van der Waals surface area contributed by atoms with Crippen LogP contribution >= 0.6 is 0 Å². The number of nitrogens with zero attached hydrogens (tertiary/aromatic N) is 1. The first-order valence-corrected chi connectivity index (χ1v) is 12.4. The zero-order valence-electron chi connectivity index (χ0n) is 18.9. The van der Waals surface area contributed by atoms with Crippen LogP contribution in [0.15, 0.2) is 0 Å². The molecular weight excluding hydrogens is 390 g/mol. The van der Waals surface area contributed by atoms with Gasteiger partial charge in [-0.2, -0.15) is 0 Å². The van der Waals surface area contributed by atoms with E-state index in [1.807, 2.05) is 25.1 Å². The Kier molecular flexibility index (Phi) is 10.1. The molecule has 6 nitrogen and oxygen atoms in total. The van der Waals surface area contributed by atoms with Gasteiger partial charge < -0.3 is 14.2 Å².